The summed E-state index contributed by atoms with van der Waals surface area (Å²) in [4.78, 5) is 0. The Bertz CT molecular complexity index is 633. The summed E-state index contributed by atoms with van der Waals surface area (Å²) in [6.45, 7) is 7.28. The molecule has 0 aromatic heterocycles. The first kappa shape index (κ1) is 20.1. The smallest absolute Gasteiger partial charge is 0.167 e. The molecule has 0 spiro atoms. The van der Waals surface area contributed by atoms with E-state index in [1.807, 2.05) is 30.3 Å². The van der Waals surface area contributed by atoms with E-state index in [1.165, 1.54) is 12.8 Å². The number of para-hydroxylation sites is 1. The van der Waals surface area contributed by atoms with E-state index in [9.17, 15) is 5.11 Å². The van der Waals surface area contributed by atoms with Gasteiger partial charge in [0.05, 0.1) is 6.61 Å². The molecule has 1 saturated carbocycles. The number of aliphatic hydroxyl groups is 1. The molecule has 28 heavy (non-hydrogen) atoms. The molecule has 1 aromatic carbocycles. The van der Waals surface area contributed by atoms with E-state index in [0.29, 0.717) is 49.2 Å². The molecule has 3 fully saturated rings. The molecule has 1 aromatic rings. The van der Waals surface area contributed by atoms with Crippen LogP contribution in [0.2, 0.25) is 0 Å². The van der Waals surface area contributed by atoms with Crippen molar-refractivity contribution in [1.82, 2.24) is 0 Å². The van der Waals surface area contributed by atoms with Crippen LogP contribution in [-0.2, 0) is 14.2 Å². The lowest BCUT2D eigenvalue weighted by atomic mass is 9.61. The van der Waals surface area contributed by atoms with Gasteiger partial charge in [0.2, 0.25) is 0 Å². The minimum Gasteiger partial charge on any atom is -0.491 e. The highest BCUT2D eigenvalue weighted by molar-refractivity contribution is 5.20. The fraction of sp³-hybridized carbons (Fsp3) is 0.739. The van der Waals surface area contributed by atoms with Crippen molar-refractivity contribution in [1.29, 1.82) is 0 Å². The van der Waals surface area contributed by atoms with Gasteiger partial charge in [-0.05, 0) is 49.7 Å². The Hall–Kier alpha value is -1.14. The second kappa shape index (κ2) is 8.31. The highest BCUT2D eigenvalue weighted by atomic mass is 16.8. The Morgan fingerprint density at radius 2 is 1.86 bits per heavy atom. The van der Waals surface area contributed by atoms with Crippen molar-refractivity contribution in [3.8, 4) is 5.75 Å². The number of hydrogen-bond acceptors (Lipinski definition) is 5. The van der Waals surface area contributed by atoms with Crippen LogP contribution in [0.3, 0.4) is 0 Å². The lowest BCUT2D eigenvalue weighted by Crippen LogP contribution is -2.54. The van der Waals surface area contributed by atoms with Gasteiger partial charge in [-0.1, -0.05) is 38.5 Å². The first-order valence-corrected chi connectivity index (χ1v) is 10.8. The molecule has 4 rings (SSSR count). The van der Waals surface area contributed by atoms with E-state index in [2.05, 4.69) is 13.8 Å². The van der Waals surface area contributed by atoms with E-state index in [1.54, 1.807) is 6.92 Å². The lowest BCUT2D eigenvalue weighted by molar-refractivity contribution is -0.370. The van der Waals surface area contributed by atoms with Gasteiger partial charge in [0.15, 0.2) is 18.4 Å². The Balaban J connectivity index is 1.40. The fourth-order valence-electron chi connectivity index (χ4n) is 5.48. The molecule has 2 heterocycles. The average molecular weight is 391 g/mol. The normalized spacial score (nSPS) is 43.1. The summed E-state index contributed by atoms with van der Waals surface area (Å²) in [5, 5.41) is 10.6. The maximum Gasteiger partial charge on any atom is 0.167 e. The van der Waals surface area contributed by atoms with E-state index in [0.717, 1.165) is 12.2 Å². The van der Waals surface area contributed by atoms with Crippen LogP contribution in [0.15, 0.2) is 30.3 Å². The Morgan fingerprint density at radius 1 is 1.07 bits per heavy atom. The fourth-order valence-corrected chi connectivity index (χ4v) is 5.48. The van der Waals surface area contributed by atoms with Crippen LogP contribution in [0.5, 0.6) is 5.75 Å². The number of hydrogen-bond donors (Lipinski definition) is 1. The lowest BCUT2D eigenvalue weighted by Gasteiger charge is -2.52. The van der Waals surface area contributed by atoms with Crippen molar-refractivity contribution in [3.05, 3.63) is 30.3 Å². The largest absolute Gasteiger partial charge is 0.491 e. The van der Waals surface area contributed by atoms with Gasteiger partial charge in [-0.2, -0.15) is 0 Å². The third-order valence-electron chi connectivity index (χ3n) is 7.05. The van der Waals surface area contributed by atoms with Gasteiger partial charge in [0.25, 0.3) is 0 Å². The molecule has 5 heteroatoms. The summed E-state index contributed by atoms with van der Waals surface area (Å²) in [5.74, 6) is 2.06. The first-order valence-electron chi connectivity index (χ1n) is 10.8. The standard InChI is InChI=1S/C23H34O5/c1-15-9-10-19-16(2)21(26-14-13-25-17-7-5-4-6-8-17)27-22-20(19)18(15)11-12-23(3,24)28-22/h4-8,15-16,18-22,24H,9-14H2,1-3H3. The molecule has 1 N–H and O–H groups in total. The number of rotatable bonds is 5. The summed E-state index contributed by atoms with van der Waals surface area (Å²) in [6, 6.07) is 9.76. The number of ether oxygens (including phenoxy) is 4. The second-order valence-electron chi connectivity index (χ2n) is 9.06. The van der Waals surface area contributed by atoms with Crippen LogP contribution < -0.4 is 4.74 Å². The zero-order valence-electron chi connectivity index (χ0n) is 17.3. The molecule has 156 valence electrons. The minimum absolute atomic E-state index is 0.305. The van der Waals surface area contributed by atoms with Gasteiger partial charge in [-0.25, -0.2) is 0 Å². The van der Waals surface area contributed by atoms with Crippen LogP contribution in [0, 0.1) is 29.6 Å². The van der Waals surface area contributed by atoms with Gasteiger partial charge >= 0.3 is 0 Å². The maximum atomic E-state index is 10.6. The molecule has 5 nitrogen and oxygen atoms in total. The predicted octanol–water partition coefficient (Wildman–Crippen LogP) is 4.20. The van der Waals surface area contributed by atoms with Gasteiger partial charge in [0, 0.05) is 18.3 Å². The second-order valence-corrected chi connectivity index (χ2v) is 9.06. The SMILES string of the molecule is CC1CCC2C(C)C(OCCOc3ccccc3)OC3OC(C)(O)CCC1C32. The summed E-state index contributed by atoms with van der Waals surface area (Å²) in [5.41, 5.74) is 0. The average Bonchev–Trinajstić information content (AvgIpc) is 2.81. The minimum atomic E-state index is -1.13. The highest BCUT2D eigenvalue weighted by Gasteiger charge is 2.54. The summed E-state index contributed by atoms with van der Waals surface area (Å²) < 4.78 is 24.2. The maximum absolute atomic E-state index is 10.6. The molecular weight excluding hydrogens is 356 g/mol. The van der Waals surface area contributed by atoms with Gasteiger partial charge in [0.1, 0.15) is 12.4 Å². The van der Waals surface area contributed by atoms with E-state index >= 15 is 0 Å². The van der Waals surface area contributed by atoms with Crippen molar-refractivity contribution < 1.29 is 24.1 Å². The van der Waals surface area contributed by atoms with Gasteiger partial charge in [-0.15, -0.1) is 0 Å². The van der Waals surface area contributed by atoms with Crippen molar-refractivity contribution in [2.45, 2.75) is 64.8 Å². The highest BCUT2D eigenvalue weighted by Crippen LogP contribution is 2.53. The van der Waals surface area contributed by atoms with Crippen LogP contribution in [-0.4, -0.2) is 36.7 Å². The topological polar surface area (TPSA) is 57.2 Å². The quantitative estimate of drug-likeness (QED) is 0.764. The van der Waals surface area contributed by atoms with Crippen molar-refractivity contribution in [2.24, 2.45) is 29.6 Å². The molecule has 1 aliphatic carbocycles. The van der Waals surface area contributed by atoms with E-state index in [4.69, 9.17) is 18.9 Å². The molecular formula is C23H34O5. The predicted molar refractivity (Wildman–Crippen MR) is 106 cm³/mol. The number of benzene rings is 1. The summed E-state index contributed by atoms with van der Waals surface area (Å²) in [6.07, 6.45) is 3.35. The zero-order valence-corrected chi connectivity index (χ0v) is 17.3. The third-order valence-corrected chi connectivity index (χ3v) is 7.05. The molecule has 2 saturated heterocycles. The third kappa shape index (κ3) is 4.23. The molecule has 8 atom stereocenters. The Labute approximate surface area is 168 Å². The van der Waals surface area contributed by atoms with Crippen LogP contribution >= 0.6 is 0 Å². The molecule has 3 aliphatic rings. The van der Waals surface area contributed by atoms with Gasteiger partial charge in [-0.3, -0.25) is 0 Å². The zero-order chi connectivity index (χ0) is 19.7. The Kier molecular flexibility index (Phi) is 5.98. The van der Waals surface area contributed by atoms with Crippen molar-refractivity contribution in [2.75, 3.05) is 13.2 Å². The van der Waals surface area contributed by atoms with Crippen LogP contribution in [0.1, 0.15) is 46.5 Å². The van der Waals surface area contributed by atoms with E-state index < -0.39 is 12.1 Å². The van der Waals surface area contributed by atoms with Crippen molar-refractivity contribution >= 4 is 0 Å². The van der Waals surface area contributed by atoms with E-state index in [-0.39, 0.29) is 6.29 Å². The van der Waals surface area contributed by atoms with Gasteiger partial charge < -0.3 is 24.1 Å². The molecule has 2 aliphatic heterocycles. The first-order chi connectivity index (χ1) is 13.4. The molecule has 8 unspecified atom stereocenters. The molecule has 0 bridgehead atoms. The molecule has 0 radical (unpaired) electrons. The van der Waals surface area contributed by atoms with Crippen LogP contribution in [0.25, 0.3) is 0 Å². The summed E-state index contributed by atoms with van der Waals surface area (Å²) >= 11 is 0. The van der Waals surface area contributed by atoms with Crippen molar-refractivity contribution in [3.63, 3.8) is 0 Å². The monoisotopic (exact) mass is 390 g/mol. The molecule has 0 amide bonds. The van der Waals surface area contributed by atoms with Crippen LogP contribution in [0.4, 0.5) is 0 Å². The summed E-state index contributed by atoms with van der Waals surface area (Å²) in [7, 11) is 0. The Morgan fingerprint density at radius 3 is 2.64 bits per heavy atom.